The minimum absolute atomic E-state index is 0.0187. The average Bonchev–Trinajstić information content (AvgIpc) is 3.44. The summed E-state index contributed by atoms with van der Waals surface area (Å²) < 4.78 is 7.54. The van der Waals surface area contributed by atoms with Crippen molar-refractivity contribution in [2.24, 2.45) is 5.92 Å². The van der Waals surface area contributed by atoms with Gasteiger partial charge in [-0.2, -0.15) is 0 Å². The second kappa shape index (κ2) is 9.16. The molecule has 0 saturated carbocycles. The Morgan fingerprint density at radius 3 is 2.52 bits per heavy atom. The third kappa shape index (κ3) is 4.44. The molecule has 0 radical (unpaired) electrons. The quantitative estimate of drug-likeness (QED) is 0.558. The van der Waals surface area contributed by atoms with E-state index < -0.39 is 0 Å². The molecule has 1 unspecified atom stereocenters. The van der Waals surface area contributed by atoms with Crippen molar-refractivity contribution >= 4 is 46.1 Å². The Bertz CT molecular complexity index is 1190. The minimum atomic E-state index is 0.0187. The van der Waals surface area contributed by atoms with Crippen molar-refractivity contribution in [1.82, 2.24) is 14.9 Å². The average molecular weight is 487 g/mol. The number of halogens is 2. The fraction of sp³-hybridized carbons (Fsp3) is 0.440. The molecule has 0 bridgehead atoms. The van der Waals surface area contributed by atoms with Gasteiger partial charge in [-0.1, -0.05) is 29.3 Å². The number of carbonyl (C=O) groups is 1. The number of piperidine rings is 1. The highest BCUT2D eigenvalue weighted by Crippen LogP contribution is 2.35. The number of imidazole rings is 1. The monoisotopic (exact) mass is 486 g/mol. The smallest absolute Gasteiger partial charge is 0.223 e. The van der Waals surface area contributed by atoms with E-state index >= 15 is 0 Å². The van der Waals surface area contributed by atoms with Gasteiger partial charge in [-0.25, -0.2) is 4.98 Å². The zero-order chi connectivity index (χ0) is 23.1. The molecule has 1 amide bonds. The summed E-state index contributed by atoms with van der Waals surface area (Å²) in [7, 11) is 0. The first-order valence-electron chi connectivity index (χ1n) is 11.5. The summed E-state index contributed by atoms with van der Waals surface area (Å²) in [6.45, 7) is 7.09. The molecule has 2 aromatic carbocycles. The van der Waals surface area contributed by atoms with Crippen LogP contribution in [0.1, 0.15) is 30.4 Å². The third-order valence-corrected chi connectivity index (χ3v) is 7.57. The number of nitrogens with zero attached hydrogens (tertiary/aromatic N) is 3. The Kier molecular flexibility index (Phi) is 6.25. The molecule has 0 aliphatic carbocycles. The highest BCUT2D eigenvalue weighted by molar-refractivity contribution is 6.42. The van der Waals surface area contributed by atoms with E-state index in [0.29, 0.717) is 16.7 Å². The van der Waals surface area contributed by atoms with Crippen molar-refractivity contribution in [1.29, 1.82) is 0 Å². The van der Waals surface area contributed by atoms with Gasteiger partial charge in [-0.3, -0.25) is 9.36 Å². The van der Waals surface area contributed by atoms with E-state index in [4.69, 9.17) is 32.9 Å². The number of nitrogens with one attached hydrogen (secondary N) is 1. The van der Waals surface area contributed by atoms with Crippen molar-refractivity contribution in [3.8, 4) is 5.69 Å². The molecule has 1 atom stereocenters. The molecule has 5 rings (SSSR count). The van der Waals surface area contributed by atoms with E-state index in [2.05, 4.69) is 46.8 Å². The summed E-state index contributed by atoms with van der Waals surface area (Å²) in [5, 5.41) is 4.15. The molecule has 2 aliphatic rings. The van der Waals surface area contributed by atoms with Crippen molar-refractivity contribution in [3.05, 3.63) is 51.5 Å². The molecule has 33 heavy (non-hydrogen) atoms. The molecule has 3 aromatic rings. The van der Waals surface area contributed by atoms with Crippen LogP contribution in [0.3, 0.4) is 0 Å². The van der Waals surface area contributed by atoms with E-state index in [1.54, 1.807) is 0 Å². The van der Waals surface area contributed by atoms with Crippen LogP contribution >= 0.6 is 23.2 Å². The van der Waals surface area contributed by atoms with Crippen LogP contribution in [0.15, 0.2) is 30.3 Å². The Morgan fingerprint density at radius 1 is 1.06 bits per heavy atom. The largest absolute Gasteiger partial charge is 0.379 e. The van der Waals surface area contributed by atoms with Crippen molar-refractivity contribution < 1.29 is 9.53 Å². The van der Waals surface area contributed by atoms with Crippen molar-refractivity contribution in [2.45, 2.75) is 39.2 Å². The third-order valence-electron chi connectivity index (χ3n) is 6.85. The van der Waals surface area contributed by atoms with E-state index in [9.17, 15) is 4.79 Å². The van der Waals surface area contributed by atoms with Gasteiger partial charge >= 0.3 is 0 Å². The molecule has 2 saturated heterocycles. The van der Waals surface area contributed by atoms with Crippen LogP contribution in [0.25, 0.3) is 16.7 Å². The summed E-state index contributed by atoms with van der Waals surface area (Å²) in [6.07, 6.45) is 2.48. The van der Waals surface area contributed by atoms with E-state index in [0.717, 1.165) is 61.6 Å². The topological polar surface area (TPSA) is 59.4 Å². The number of aryl methyl sites for hydroxylation is 2. The van der Waals surface area contributed by atoms with Crippen LogP contribution in [0, 0.1) is 19.8 Å². The number of aromatic nitrogens is 2. The number of ether oxygens (including phenoxy) is 1. The second-order valence-corrected chi connectivity index (χ2v) is 9.92. The predicted octanol–water partition coefficient (Wildman–Crippen LogP) is 5.07. The number of anilines is 1. The molecular formula is C25H28Cl2N4O2. The highest BCUT2D eigenvalue weighted by atomic mass is 35.5. The maximum absolute atomic E-state index is 12.7. The number of rotatable bonds is 4. The maximum atomic E-state index is 12.7. The van der Waals surface area contributed by atoms with Gasteiger partial charge in [-0.05, 0) is 68.5 Å². The molecule has 6 nitrogen and oxygen atoms in total. The maximum Gasteiger partial charge on any atom is 0.223 e. The minimum Gasteiger partial charge on any atom is -0.379 e. The standard InChI is InChI=1S/C25H28Cl2N4O2/c1-15-3-4-19(11-16(15)2)31-23-13-21(27)20(26)12-22(23)29-25(31)30-8-5-17(6-9-30)24(32)28-18-7-10-33-14-18/h3-4,11-13,17-18H,5-10,14H2,1-2H3,(H,28,32). The number of amides is 1. The lowest BCUT2D eigenvalue weighted by Gasteiger charge is -2.33. The number of carbonyl (C=O) groups excluding carboxylic acids is 1. The number of hydrogen-bond donors (Lipinski definition) is 1. The molecule has 1 aromatic heterocycles. The van der Waals surface area contributed by atoms with Crippen LogP contribution in [-0.4, -0.2) is 47.8 Å². The molecule has 174 valence electrons. The summed E-state index contributed by atoms with van der Waals surface area (Å²) in [4.78, 5) is 19.9. The number of benzene rings is 2. The first-order valence-corrected chi connectivity index (χ1v) is 12.2. The predicted molar refractivity (Wildman–Crippen MR) is 133 cm³/mol. The molecule has 2 aliphatic heterocycles. The Morgan fingerprint density at radius 2 is 1.82 bits per heavy atom. The summed E-state index contributed by atoms with van der Waals surface area (Å²) in [6, 6.07) is 10.3. The van der Waals surface area contributed by atoms with Gasteiger partial charge in [0, 0.05) is 31.3 Å². The summed E-state index contributed by atoms with van der Waals surface area (Å²) in [5.41, 5.74) is 5.22. The Hall–Kier alpha value is -2.28. The van der Waals surface area contributed by atoms with Crippen LogP contribution in [0.5, 0.6) is 0 Å². The molecule has 2 fully saturated rings. The fourth-order valence-electron chi connectivity index (χ4n) is 4.70. The first-order chi connectivity index (χ1) is 15.9. The second-order valence-electron chi connectivity index (χ2n) is 9.10. The van der Waals surface area contributed by atoms with Gasteiger partial charge < -0.3 is 15.0 Å². The van der Waals surface area contributed by atoms with E-state index in [1.807, 2.05) is 12.1 Å². The molecular weight excluding hydrogens is 459 g/mol. The SMILES string of the molecule is Cc1ccc(-n2c(N3CCC(C(=O)NC4CCOC4)CC3)nc3cc(Cl)c(Cl)cc32)cc1C. The zero-order valence-corrected chi connectivity index (χ0v) is 20.4. The normalized spacial score (nSPS) is 19.4. The van der Waals surface area contributed by atoms with Crippen LogP contribution in [0.2, 0.25) is 10.0 Å². The van der Waals surface area contributed by atoms with E-state index in [1.165, 1.54) is 11.1 Å². The van der Waals surface area contributed by atoms with Crippen LogP contribution < -0.4 is 10.2 Å². The Balaban J connectivity index is 1.44. The van der Waals surface area contributed by atoms with Gasteiger partial charge in [-0.15, -0.1) is 0 Å². The van der Waals surface area contributed by atoms with Crippen molar-refractivity contribution in [3.63, 3.8) is 0 Å². The molecule has 8 heteroatoms. The molecule has 3 heterocycles. The first kappa shape index (κ1) is 22.5. The fourth-order valence-corrected chi connectivity index (χ4v) is 5.02. The van der Waals surface area contributed by atoms with Crippen LogP contribution in [-0.2, 0) is 9.53 Å². The van der Waals surface area contributed by atoms with Gasteiger partial charge in [0.15, 0.2) is 0 Å². The van der Waals surface area contributed by atoms with Gasteiger partial charge in [0.2, 0.25) is 11.9 Å². The highest BCUT2D eigenvalue weighted by Gasteiger charge is 2.30. The van der Waals surface area contributed by atoms with Crippen molar-refractivity contribution in [2.75, 3.05) is 31.2 Å². The van der Waals surface area contributed by atoms with Gasteiger partial charge in [0.1, 0.15) is 0 Å². The molecule has 0 spiro atoms. The number of fused-ring (bicyclic) bond motifs is 1. The van der Waals surface area contributed by atoms with Gasteiger partial charge in [0.05, 0.1) is 33.7 Å². The lowest BCUT2D eigenvalue weighted by atomic mass is 9.95. The zero-order valence-electron chi connectivity index (χ0n) is 18.9. The van der Waals surface area contributed by atoms with Crippen LogP contribution in [0.4, 0.5) is 5.95 Å². The summed E-state index contributed by atoms with van der Waals surface area (Å²) in [5.74, 6) is 1.02. The number of hydrogen-bond acceptors (Lipinski definition) is 4. The lowest BCUT2D eigenvalue weighted by Crippen LogP contribution is -2.44. The lowest BCUT2D eigenvalue weighted by molar-refractivity contribution is -0.126. The Labute approximate surface area is 203 Å². The van der Waals surface area contributed by atoms with Gasteiger partial charge in [0.25, 0.3) is 0 Å². The van der Waals surface area contributed by atoms with E-state index in [-0.39, 0.29) is 17.9 Å². The molecule has 1 N–H and O–H groups in total. The summed E-state index contributed by atoms with van der Waals surface area (Å²) >= 11 is 12.7.